The zero-order valence-corrected chi connectivity index (χ0v) is 25.8. The average Bonchev–Trinajstić information content (AvgIpc) is 3.02. The highest BCUT2D eigenvalue weighted by Crippen LogP contribution is 2.15. The van der Waals surface area contributed by atoms with E-state index in [0.29, 0.717) is 92.5 Å². The van der Waals surface area contributed by atoms with Gasteiger partial charge in [-0.05, 0) is 42.7 Å². The number of aryl methyl sites for hydroxylation is 1. The minimum Gasteiger partial charge on any atom is -0.491 e. The van der Waals surface area contributed by atoms with Gasteiger partial charge in [0.15, 0.2) is 0 Å². The summed E-state index contributed by atoms with van der Waals surface area (Å²) in [5, 5.41) is 0. The Kier molecular flexibility index (Phi) is 23.7. The fourth-order valence-electron chi connectivity index (χ4n) is 4.02. The zero-order valence-electron chi connectivity index (χ0n) is 25.8. The van der Waals surface area contributed by atoms with Crippen LogP contribution in [0.2, 0.25) is 0 Å². The van der Waals surface area contributed by atoms with Crippen LogP contribution >= 0.6 is 0 Å². The molecule has 238 valence electrons. The van der Waals surface area contributed by atoms with E-state index < -0.39 is 0 Å². The predicted octanol–water partition coefficient (Wildman–Crippen LogP) is 6.15. The first-order chi connectivity index (χ1) is 20.9. The second kappa shape index (κ2) is 27.6. The van der Waals surface area contributed by atoms with Crippen molar-refractivity contribution < 1.29 is 37.9 Å². The Balaban J connectivity index is 1.23. The molecule has 2 aromatic rings. The van der Waals surface area contributed by atoms with E-state index in [2.05, 4.69) is 31.2 Å². The van der Waals surface area contributed by atoms with Crippen LogP contribution in [0.5, 0.6) is 11.5 Å². The molecule has 0 atom stereocenters. The Morgan fingerprint density at radius 1 is 0.381 bits per heavy atom. The molecule has 2 rings (SSSR count). The van der Waals surface area contributed by atoms with Crippen molar-refractivity contribution in [1.29, 1.82) is 0 Å². The van der Waals surface area contributed by atoms with Crippen LogP contribution in [0.4, 0.5) is 0 Å². The molecular weight excluding hydrogens is 536 g/mol. The lowest BCUT2D eigenvalue weighted by atomic mass is 10.0. The molecule has 0 amide bonds. The molecule has 0 radical (unpaired) electrons. The fraction of sp³-hybridized carbons (Fsp3) is 0.647. The van der Waals surface area contributed by atoms with E-state index >= 15 is 0 Å². The van der Waals surface area contributed by atoms with Crippen LogP contribution in [-0.4, -0.2) is 92.5 Å². The van der Waals surface area contributed by atoms with Gasteiger partial charge in [0.25, 0.3) is 0 Å². The molecule has 0 N–H and O–H groups in total. The van der Waals surface area contributed by atoms with E-state index in [4.69, 9.17) is 37.9 Å². The fourth-order valence-corrected chi connectivity index (χ4v) is 4.02. The molecule has 0 aromatic heterocycles. The van der Waals surface area contributed by atoms with E-state index in [9.17, 15) is 0 Å². The Bertz CT molecular complexity index is 818. The summed E-state index contributed by atoms with van der Waals surface area (Å²) in [6, 6.07) is 18.1. The number of ether oxygens (including phenoxy) is 8. The Morgan fingerprint density at radius 3 is 1.21 bits per heavy atom. The SMILES string of the molecule is CCCCCCCCc1ccc(OCCOCCOCCOCCOCCOCCOCCOc2ccccc2)cc1. The first kappa shape index (κ1) is 36.0. The van der Waals surface area contributed by atoms with Crippen molar-refractivity contribution in [3.8, 4) is 11.5 Å². The monoisotopic (exact) mass is 590 g/mol. The molecule has 8 heteroatoms. The quantitative estimate of drug-likeness (QED) is 0.100. The van der Waals surface area contributed by atoms with Crippen LogP contribution in [-0.2, 0) is 34.8 Å². The highest BCUT2D eigenvalue weighted by atomic mass is 16.6. The summed E-state index contributed by atoms with van der Waals surface area (Å²) < 4.78 is 44.4. The molecule has 2 aromatic carbocycles. The van der Waals surface area contributed by atoms with Crippen molar-refractivity contribution in [2.24, 2.45) is 0 Å². The maximum atomic E-state index is 5.77. The van der Waals surface area contributed by atoms with Crippen molar-refractivity contribution >= 4 is 0 Å². The second-order valence-electron chi connectivity index (χ2n) is 9.85. The summed E-state index contributed by atoms with van der Waals surface area (Å²) in [6.07, 6.45) is 9.12. The maximum Gasteiger partial charge on any atom is 0.119 e. The highest BCUT2D eigenvalue weighted by Gasteiger charge is 1.99. The number of hydrogen-bond donors (Lipinski definition) is 0. The number of hydrogen-bond acceptors (Lipinski definition) is 8. The molecule has 8 nitrogen and oxygen atoms in total. The standard InChI is InChI=1S/C34H54O8/c1-2-3-4-5-6-8-11-32-14-16-34(17-15-32)42-31-29-40-27-25-38-23-21-36-19-18-35-20-22-37-24-26-39-28-30-41-33-12-9-7-10-13-33/h7,9-10,12-17H,2-6,8,11,18-31H2,1H3. The van der Waals surface area contributed by atoms with E-state index in [1.54, 1.807) is 0 Å². The lowest BCUT2D eigenvalue weighted by Crippen LogP contribution is -2.15. The molecule has 0 saturated carbocycles. The smallest absolute Gasteiger partial charge is 0.119 e. The van der Waals surface area contributed by atoms with Gasteiger partial charge in [-0.25, -0.2) is 0 Å². The highest BCUT2D eigenvalue weighted by molar-refractivity contribution is 5.27. The number of rotatable bonds is 30. The summed E-state index contributed by atoms with van der Waals surface area (Å²) in [5.74, 6) is 1.74. The van der Waals surface area contributed by atoms with E-state index in [-0.39, 0.29) is 0 Å². The Morgan fingerprint density at radius 2 is 0.762 bits per heavy atom. The molecule has 0 aliphatic carbocycles. The minimum absolute atomic E-state index is 0.524. The van der Waals surface area contributed by atoms with Crippen LogP contribution < -0.4 is 9.47 Å². The topological polar surface area (TPSA) is 73.8 Å². The van der Waals surface area contributed by atoms with Gasteiger partial charge in [-0.3, -0.25) is 0 Å². The second-order valence-corrected chi connectivity index (χ2v) is 9.85. The van der Waals surface area contributed by atoms with Crippen molar-refractivity contribution in [2.45, 2.75) is 51.9 Å². The van der Waals surface area contributed by atoms with Gasteiger partial charge in [0, 0.05) is 0 Å². The lowest BCUT2D eigenvalue weighted by molar-refractivity contribution is -0.0187. The zero-order chi connectivity index (χ0) is 29.6. The van der Waals surface area contributed by atoms with E-state index in [1.165, 1.54) is 44.1 Å². The van der Waals surface area contributed by atoms with Crippen LogP contribution in [0.1, 0.15) is 51.0 Å². The first-order valence-corrected chi connectivity index (χ1v) is 15.7. The molecule has 0 spiro atoms. The van der Waals surface area contributed by atoms with Gasteiger partial charge in [-0.2, -0.15) is 0 Å². The largest absolute Gasteiger partial charge is 0.491 e. The molecule has 0 saturated heterocycles. The van der Waals surface area contributed by atoms with Crippen molar-refractivity contribution in [3.05, 3.63) is 60.2 Å². The third-order valence-electron chi connectivity index (χ3n) is 6.34. The van der Waals surface area contributed by atoms with Crippen molar-refractivity contribution in [1.82, 2.24) is 0 Å². The molecule has 0 unspecified atom stereocenters. The number of benzene rings is 2. The van der Waals surface area contributed by atoms with Crippen LogP contribution in [0.3, 0.4) is 0 Å². The van der Waals surface area contributed by atoms with Gasteiger partial charge in [0.2, 0.25) is 0 Å². The van der Waals surface area contributed by atoms with Gasteiger partial charge in [0.05, 0.1) is 79.3 Å². The average molecular weight is 591 g/mol. The van der Waals surface area contributed by atoms with Gasteiger partial charge in [0.1, 0.15) is 24.7 Å². The van der Waals surface area contributed by atoms with Gasteiger partial charge < -0.3 is 37.9 Å². The molecule has 0 fully saturated rings. The third kappa shape index (κ3) is 21.5. The molecule has 0 heterocycles. The van der Waals surface area contributed by atoms with Crippen LogP contribution in [0, 0.1) is 0 Å². The Hall–Kier alpha value is -2.20. The predicted molar refractivity (Wildman–Crippen MR) is 166 cm³/mol. The van der Waals surface area contributed by atoms with Crippen LogP contribution in [0.25, 0.3) is 0 Å². The molecule has 0 bridgehead atoms. The van der Waals surface area contributed by atoms with Gasteiger partial charge in [-0.1, -0.05) is 69.4 Å². The Labute approximate surface area is 253 Å². The maximum absolute atomic E-state index is 5.77. The molecule has 0 aliphatic rings. The van der Waals surface area contributed by atoms with Crippen molar-refractivity contribution in [3.63, 3.8) is 0 Å². The molecule has 0 aliphatic heterocycles. The summed E-state index contributed by atoms with van der Waals surface area (Å²) in [5.41, 5.74) is 1.38. The summed E-state index contributed by atoms with van der Waals surface area (Å²) >= 11 is 0. The third-order valence-corrected chi connectivity index (χ3v) is 6.34. The normalized spacial score (nSPS) is 11.2. The van der Waals surface area contributed by atoms with Crippen LogP contribution in [0.15, 0.2) is 54.6 Å². The number of para-hydroxylation sites is 1. The van der Waals surface area contributed by atoms with Gasteiger partial charge in [-0.15, -0.1) is 0 Å². The van der Waals surface area contributed by atoms with E-state index in [1.807, 2.05) is 30.3 Å². The lowest BCUT2D eigenvalue weighted by Gasteiger charge is -2.09. The molecular formula is C34H54O8. The minimum atomic E-state index is 0.524. The summed E-state index contributed by atoms with van der Waals surface area (Å²) in [6.45, 7) is 9.71. The van der Waals surface area contributed by atoms with Crippen molar-refractivity contribution in [2.75, 3.05) is 92.5 Å². The summed E-state index contributed by atoms with van der Waals surface area (Å²) in [4.78, 5) is 0. The number of unbranched alkanes of at least 4 members (excludes halogenated alkanes) is 5. The van der Waals surface area contributed by atoms with E-state index in [0.717, 1.165) is 17.9 Å². The molecule has 42 heavy (non-hydrogen) atoms. The first-order valence-electron chi connectivity index (χ1n) is 15.7. The van der Waals surface area contributed by atoms with Gasteiger partial charge >= 0.3 is 0 Å². The summed E-state index contributed by atoms with van der Waals surface area (Å²) in [7, 11) is 0.